The van der Waals surface area contributed by atoms with Crippen LogP contribution in [-0.2, 0) is 15.5 Å². The zero-order valence-corrected chi connectivity index (χ0v) is 11.6. The number of carbonyl (C=O) groups is 1. The van der Waals surface area contributed by atoms with Crippen LogP contribution in [0.4, 0.5) is 13.2 Å². The van der Waals surface area contributed by atoms with Crippen LogP contribution >= 0.6 is 15.9 Å². The fourth-order valence-corrected chi connectivity index (χ4v) is 2.83. The molecule has 0 aliphatic rings. The van der Waals surface area contributed by atoms with E-state index in [0.717, 1.165) is 0 Å². The number of hydrogen-bond acceptors (Lipinski definition) is 3. The predicted octanol–water partition coefficient (Wildman–Crippen LogP) is 2.79. The van der Waals surface area contributed by atoms with Gasteiger partial charge < -0.3 is 5.11 Å². The average Bonchev–Trinajstić information content (AvgIpc) is 2.26. The second kappa shape index (κ2) is 6.49. The molecule has 1 aromatic carbocycles. The molecule has 0 aliphatic carbocycles. The van der Waals surface area contributed by atoms with Gasteiger partial charge in [0.2, 0.25) is 0 Å². The Labute approximate surface area is 117 Å². The second-order valence-corrected chi connectivity index (χ2v) is 5.74. The zero-order valence-electron chi connectivity index (χ0n) is 9.24. The van der Waals surface area contributed by atoms with E-state index in [0.29, 0.717) is 4.47 Å². The van der Waals surface area contributed by atoms with Gasteiger partial charge in [0.15, 0.2) is 0 Å². The molecule has 106 valence electrons. The summed E-state index contributed by atoms with van der Waals surface area (Å²) < 4.78 is 51.0. The lowest BCUT2D eigenvalue weighted by atomic mass is 10.2. The summed E-state index contributed by atoms with van der Waals surface area (Å²) in [6.45, 7) is -0.804. The molecule has 0 bridgehead atoms. The minimum atomic E-state index is -4.79. The highest BCUT2D eigenvalue weighted by Crippen LogP contribution is 2.21. The van der Waals surface area contributed by atoms with E-state index in [2.05, 4.69) is 20.7 Å². The van der Waals surface area contributed by atoms with Crippen LogP contribution in [0.3, 0.4) is 0 Å². The fourth-order valence-electron chi connectivity index (χ4n) is 1.20. The molecule has 0 spiro atoms. The molecule has 1 rings (SSSR count). The van der Waals surface area contributed by atoms with Crippen molar-refractivity contribution in [2.24, 2.45) is 0 Å². The number of benzene rings is 1. The number of rotatable bonds is 5. The first-order valence-corrected chi connectivity index (χ1v) is 6.94. The van der Waals surface area contributed by atoms with Gasteiger partial charge in [-0.15, -0.1) is 13.2 Å². The van der Waals surface area contributed by atoms with Crippen molar-refractivity contribution < 1.29 is 32.0 Å². The van der Waals surface area contributed by atoms with Crippen LogP contribution in [-0.4, -0.2) is 34.0 Å². The topological polar surface area (TPSA) is 63.6 Å². The Morgan fingerprint density at radius 1 is 1.42 bits per heavy atom. The molecule has 0 aliphatic heterocycles. The van der Waals surface area contributed by atoms with E-state index in [-0.39, 0.29) is 10.5 Å². The highest BCUT2D eigenvalue weighted by Gasteiger charge is 2.29. The van der Waals surface area contributed by atoms with Crippen LogP contribution < -0.4 is 0 Å². The van der Waals surface area contributed by atoms with Crippen LogP contribution in [0, 0.1) is 0 Å². The Morgan fingerprint density at radius 3 is 2.58 bits per heavy atom. The third-order valence-electron chi connectivity index (χ3n) is 1.95. The first-order valence-electron chi connectivity index (χ1n) is 4.82. The number of ether oxygens (including phenoxy) is 1. The van der Waals surface area contributed by atoms with E-state index in [1.54, 1.807) is 0 Å². The minimum absolute atomic E-state index is 0.0485. The van der Waals surface area contributed by atoms with Crippen LogP contribution in [0.15, 0.2) is 27.6 Å². The molecule has 0 fully saturated rings. The van der Waals surface area contributed by atoms with Crippen LogP contribution in [0.25, 0.3) is 0 Å². The lowest BCUT2D eigenvalue weighted by Crippen LogP contribution is -2.18. The van der Waals surface area contributed by atoms with E-state index < -0.39 is 35.5 Å². The maximum Gasteiger partial charge on any atom is 0.522 e. The fraction of sp³-hybridized carbons (Fsp3) is 0.300. The lowest BCUT2D eigenvalue weighted by Gasteiger charge is -2.09. The third-order valence-corrected chi connectivity index (χ3v) is 3.81. The molecule has 0 amide bonds. The van der Waals surface area contributed by atoms with E-state index in [1.165, 1.54) is 18.2 Å². The van der Waals surface area contributed by atoms with Gasteiger partial charge >= 0.3 is 12.3 Å². The van der Waals surface area contributed by atoms with Crippen molar-refractivity contribution in [2.45, 2.75) is 11.3 Å². The van der Waals surface area contributed by atoms with Crippen molar-refractivity contribution in [3.63, 3.8) is 0 Å². The average molecular weight is 361 g/mol. The van der Waals surface area contributed by atoms with Crippen molar-refractivity contribution in [3.05, 3.63) is 28.2 Å². The molecular weight excluding hydrogens is 353 g/mol. The molecule has 0 aromatic heterocycles. The Bertz CT molecular complexity index is 504. The molecule has 0 heterocycles. The quantitative estimate of drug-likeness (QED) is 0.876. The number of aromatic carboxylic acids is 1. The second-order valence-electron chi connectivity index (χ2n) is 3.29. The Balaban J connectivity index is 2.81. The van der Waals surface area contributed by atoms with Crippen molar-refractivity contribution in [3.8, 4) is 0 Å². The first kappa shape index (κ1) is 16.1. The van der Waals surface area contributed by atoms with Crippen LogP contribution in [0.5, 0.6) is 0 Å². The van der Waals surface area contributed by atoms with Crippen molar-refractivity contribution in [1.29, 1.82) is 0 Å². The molecule has 1 N–H and O–H groups in total. The zero-order chi connectivity index (χ0) is 14.6. The highest BCUT2D eigenvalue weighted by molar-refractivity contribution is 9.10. The van der Waals surface area contributed by atoms with Gasteiger partial charge in [-0.1, -0.05) is 15.9 Å². The van der Waals surface area contributed by atoms with Crippen molar-refractivity contribution in [1.82, 2.24) is 0 Å². The number of halogens is 4. The summed E-state index contributed by atoms with van der Waals surface area (Å²) in [6, 6.07) is 3.97. The molecule has 1 unspecified atom stereocenters. The maximum absolute atomic E-state index is 11.8. The number of alkyl halides is 3. The molecule has 1 aromatic rings. The van der Waals surface area contributed by atoms with E-state index >= 15 is 0 Å². The Kier molecular flexibility index (Phi) is 5.50. The first-order chi connectivity index (χ1) is 8.70. The summed E-state index contributed by atoms with van der Waals surface area (Å²) in [5, 5.41) is 8.90. The summed E-state index contributed by atoms with van der Waals surface area (Å²) in [4.78, 5) is 10.9. The van der Waals surface area contributed by atoms with Gasteiger partial charge in [-0.25, -0.2) is 4.79 Å². The SMILES string of the molecule is O=C(O)c1ccc(Br)cc1S(=O)CCOC(F)(F)F. The number of hydrogen-bond donors (Lipinski definition) is 1. The lowest BCUT2D eigenvalue weighted by molar-refractivity contribution is -0.322. The summed E-state index contributed by atoms with van der Waals surface area (Å²) in [5.41, 5.74) is -0.214. The summed E-state index contributed by atoms with van der Waals surface area (Å²) >= 11 is 3.08. The molecule has 1 atom stereocenters. The molecule has 0 saturated heterocycles. The van der Waals surface area contributed by atoms with Gasteiger partial charge in [-0.05, 0) is 18.2 Å². The molecule has 9 heteroatoms. The third kappa shape index (κ3) is 5.29. The minimum Gasteiger partial charge on any atom is -0.478 e. The molecule has 4 nitrogen and oxygen atoms in total. The van der Waals surface area contributed by atoms with Gasteiger partial charge in [0.1, 0.15) is 0 Å². The summed E-state index contributed by atoms with van der Waals surface area (Å²) in [5.74, 6) is -1.75. The normalized spacial score (nSPS) is 13.3. The Hall–Kier alpha value is -0.930. The number of carboxylic acids is 1. The van der Waals surface area contributed by atoms with Gasteiger partial charge in [0, 0.05) is 4.47 Å². The monoisotopic (exact) mass is 360 g/mol. The maximum atomic E-state index is 11.8. The Morgan fingerprint density at radius 2 is 2.05 bits per heavy atom. The van der Waals surface area contributed by atoms with Crippen LogP contribution in [0.2, 0.25) is 0 Å². The van der Waals surface area contributed by atoms with Gasteiger partial charge in [0.25, 0.3) is 0 Å². The molecule has 0 saturated carbocycles. The van der Waals surface area contributed by atoms with E-state index in [4.69, 9.17) is 5.11 Å². The van der Waals surface area contributed by atoms with E-state index in [1.807, 2.05) is 0 Å². The van der Waals surface area contributed by atoms with Crippen molar-refractivity contribution in [2.75, 3.05) is 12.4 Å². The standard InChI is InChI=1S/C10H8BrF3O4S/c11-6-1-2-7(9(15)16)8(5-6)19(17)4-3-18-10(12,13)14/h1-2,5H,3-4H2,(H,15,16). The summed E-state index contributed by atoms with van der Waals surface area (Å²) in [7, 11) is -1.90. The van der Waals surface area contributed by atoms with E-state index in [9.17, 15) is 22.2 Å². The predicted molar refractivity (Wildman–Crippen MR) is 64.4 cm³/mol. The molecular formula is C10H8BrF3O4S. The van der Waals surface area contributed by atoms with Gasteiger partial charge in [0.05, 0.1) is 33.6 Å². The number of carboxylic acid groups (broad SMARTS) is 1. The molecule has 0 radical (unpaired) electrons. The summed E-state index contributed by atoms with van der Waals surface area (Å²) in [6.07, 6.45) is -4.79. The molecule has 19 heavy (non-hydrogen) atoms. The smallest absolute Gasteiger partial charge is 0.478 e. The van der Waals surface area contributed by atoms with Gasteiger partial charge in [-0.2, -0.15) is 0 Å². The van der Waals surface area contributed by atoms with Crippen molar-refractivity contribution >= 4 is 32.7 Å². The van der Waals surface area contributed by atoms with Crippen LogP contribution in [0.1, 0.15) is 10.4 Å². The van der Waals surface area contributed by atoms with Gasteiger partial charge in [-0.3, -0.25) is 8.95 Å². The highest BCUT2D eigenvalue weighted by atomic mass is 79.9. The largest absolute Gasteiger partial charge is 0.522 e.